The van der Waals surface area contributed by atoms with Crippen LogP contribution in [0.25, 0.3) is 0 Å². The van der Waals surface area contributed by atoms with Crippen LogP contribution in [0.1, 0.15) is 61.0 Å². The molecule has 1 aliphatic heterocycles. The van der Waals surface area contributed by atoms with Gasteiger partial charge in [0.1, 0.15) is 40.9 Å². The van der Waals surface area contributed by atoms with E-state index in [2.05, 4.69) is 6.08 Å². The molecular weight excluding hydrogens is 396 g/mol. The molecule has 6 heteroatoms. The molecule has 0 spiro atoms. The number of carbonyl (C=O) groups excluding carboxylic acids is 1. The van der Waals surface area contributed by atoms with Crippen molar-refractivity contribution < 1.29 is 30.0 Å². The zero-order valence-electron chi connectivity index (χ0n) is 18.0. The maximum atomic E-state index is 13.2. The molecule has 1 aliphatic rings. The standard InChI is InChI=1S/C25H28O6/c1-14(2)5-4-6-15(3)7-9-18-21(28)12-22-23(24(18)29)25(30)19(13-31-22)17-10-8-16(26)11-20(17)27/h5,7-8,10-12,19,26-29H,4,6,9,13H2,1-3H3. The quantitative estimate of drug-likeness (QED) is 0.481. The third kappa shape index (κ3) is 4.85. The Kier molecular flexibility index (Phi) is 6.59. The predicted molar refractivity (Wildman–Crippen MR) is 118 cm³/mol. The number of allylic oxidation sites excluding steroid dienone is 4. The van der Waals surface area contributed by atoms with Gasteiger partial charge in [-0.3, -0.25) is 4.79 Å². The summed E-state index contributed by atoms with van der Waals surface area (Å²) in [5, 5.41) is 40.9. The minimum absolute atomic E-state index is 0.00730. The Morgan fingerprint density at radius 1 is 1.06 bits per heavy atom. The average Bonchev–Trinajstić information content (AvgIpc) is 2.68. The van der Waals surface area contributed by atoms with Crippen molar-refractivity contribution in [2.24, 2.45) is 0 Å². The Morgan fingerprint density at radius 3 is 2.48 bits per heavy atom. The number of rotatable bonds is 6. The normalized spacial score (nSPS) is 15.9. The second-order valence-electron chi connectivity index (χ2n) is 8.14. The van der Waals surface area contributed by atoms with Crippen molar-refractivity contribution in [2.75, 3.05) is 6.61 Å². The second kappa shape index (κ2) is 9.16. The van der Waals surface area contributed by atoms with Crippen LogP contribution in [0.15, 0.2) is 47.6 Å². The van der Waals surface area contributed by atoms with E-state index in [1.54, 1.807) is 0 Å². The third-order valence-electron chi connectivity index (χ3n) is 5.45. The summed E-state index contributed by atoms with van der Waals surface area (Å²) in [6, 6.07) is 5.34. The predicted octanol–water partition coefficient (Wildman–Crippen LogP) is 5.10. The van der Waals surface area contributed by atoms with Crippen molar-refractivity contribution in [2.45, 2.75) is 46.0 Å². The van der Waals surface area contributed by atoms with Gasteiger partial charge >= 0.3 is 0 Å². The monoisotopic (exact) mass is 424 g/mol. The molecule has 0 saturated carbocycles. The molecular formula is C25H28O6. The first-order valence-corrected chi connectivity index (χ1v) is 10.2. The first kappa shape index (κ1) is 22.3. The lowest BCUT2D eigenvalue weighted by Gasteiger charge is -2.26. The Balaban J connectivity index is 1.89. The number of ether oxygens (including phenoxy) is 1. The van der Waals surface area contributed by atoms with Gasteiger partial charge in [-0.15, -0.1) is 0 Å². The lowest BCUT2D eigenvalue weighted by Crippen LogP contribution is -2.26. The molecule has 0 aliphatic carbocycles. The van der Waals surface area contributed by atoms with Crippen LogP contribution in [0.5, 0.6) is 28.7 Å². The number of aromatic hydroxyl groups is 4. The van der Waals surface area contributed by atoms with Crippen LogP contribution >= 0.6 is 0 Å². The van der Waals surface area contributed by atoms with E-state index in [1.807, 2.05) is 26.8 Å². The molecule has 0 fully saturated rings. The zero-order valence-corrected chi connectivity index (χ0v) is 18.0. The average molecular weight is 424 g/mol. The molecule has 2 aromatic carbocycles. The van der Waals surface area contributed by atoms with Gasteiger partial charge in [-0.1, -0.05) is 29.4 Å². The second-order valence-corrected chi connectivity index (χ2v) is 8.14. The number of hydrogen-bond donors (Lipinski definition) is 4. The summed E-state index contributed by atoms with van der Waals surface area (Å²) in [4.78, 5) is 13.2. The Hall–Kier alpha value is -3.41. The molecule has 6 nitrogen and oxygen atoms in total. The van der Waals surface area contributed by atoms with Gasteiger partial charge in [-0.25, -0.2) is 0 Å². The number of phenolic OH excluding ortho intramolecular Hbond substituents is 4. The number of Topliss-reactive ketones (excluding diaryl/α,β-unsaturated/α-hetero) is 1. The smallest absolute Gasteiger partial charge is 0.181 e. The van der Waals surface area contributed by atoms with Crippen LogP contribution in [0.2, 0.25) is 0 Å². The Morgan fingerprint density at radius 2 is 1.81 bits per heavy atom. The SMILES string of the molecule is CC(C)=CCCC(C)=CCc1c(O)cc2c(c1O)C(=O)C(c1ccc(O)cc1O)CO2. The minimum Gasteiger partial charge on any atom is -0.508 e. The van der Waals surface area contributed by atoms with E-state index in [4.69, 9.17) is 4.74 Å². The highest BCUT2D eigenvalue weighted by molar-refractivity contribution is 6.07. The third-order valence-corrected chi connectivity index (χ3v) is 5.45. The van der Waals surface area contributed by atoms with Crippen LogP contribution in [0.3, 0.4) is 0 Å². The lowest BCUT2D eigenvalue weighted by molar-refractivity contribution is 0.0889. The molecule has 0 saturated heterocycles. The minimum atomic E-state index is -0.835. The Labute approximate surface area is 181 Å². The van der Waals surface area contributed by atoms with E-state index in [0.717, 1.165) is 24.5 Å². The molecule has 4 N–H and O–H groups in total. The van der Waals surface area contributed by atoms with Crippen molar-refractivity contribution in [3.63, 3.8) is 0 Å². The van der Waals surface area contributed by atoms with E-state index in [0.29, 0.717) is 5.56 Å². The molecule has 31 heavy (non-hydrogen) atoms. The molecule has 0 amide bonds. The highest BCUT2D eigenvalue weighted by Crippen LogP contribution is 2.45. The molecule has 0 radical (unpaired) electrons. The van der Waals surface area contributed by atoms with Gasteiger partial charge in [-0.05, 0) is 46.1 Å². The van der Waals surface area contributed by atoms with Gasteiger partial charge in [0.15, 0.2) is 5.78 Å². The first-order chi connectivity index (χ1) is 14.7. The first-order valence-electron chi connectivity index (χ1n) is 10.2. The lowest BCUT2D eigenvalue weighted by atomic mass is 9.86. The van der Waals surface area contributed by atoms with Crippen LogP contribution in [-0.4, -0.2) is 32.8 Å². The zero-order chi connectivity index (χ0) is 22.7. The van der Waals surface area contributed by atoms with Crippen molar-refractivity contribution >= 4 is 5.78 Å². The van der Waals surface area contributed by atoms with E-state index >= 15 is 0 Å². The Bertz CT molecular complexity index is 1060. The van der Waals surface area contributed by atoms with Crippen LogP contribution in [-0.2, 0) is 6.42 Å². The largest absolute Gasteiger partial charge is 0.508 e. The van der Waals surface area contributed by atoms with E-state index < -0.39 is 11.7 Å². The fourth-order valence-electron chi connectivity index (χ4n) is 3.67. The van der Waals surface area contributed by atoms with Crippen LogP contribution < -0.4 is 4.74 Å². The summed E-state index contributed by atoms with van der Waals surface area (Å²) >= 11 is 0. The molecule has 1 heterocycles. The summed E-state index contributed by atoms with van der Waals surface area (Å²) in [7, 11) is 0. The fourth-order valence-corrected chi connectivity index (χ4v) is 3.67. The van der Waals surface area contributed by atoms with Gasteiger partial charge in [0.05, 0.1) is 5.92 Å². The fraction of sp³-hybridized carbons (Fsp3) is 0.320. The highest BCUT2D eigenvalue weighted by Gasteiger charge is 2.35. The van der Waals surface area contributed by atoms with Crippen LogP contribution in [0.4, 0.5) is 0 Å². The molecule has 1 atom stereocenters. The summed E-state index contributed by atoms with van der Waals surface area (Å²) < 4.78 is 5.63. The number of ketones is 1. The van der Waals surface area contributed by atoms with Gasteiger partial charge in [-0.2, -0.15) is 0 Å². The molecule has 1 unspecified atom stereocenters. The number of phenols is 4. The van der Waals surface area contributed by atoms with Crippen molar-refractivity contribution in [1.82, 2.24) is 0 Å². The van der Waals surface area contributed by atoms with Gasteiger partial charge in [0.25, 0.3) is 0 Å². The summed E-state index contributed by atoms with van der Waals surface area (Å²) in [6.45, 7) is 6.04. The molecule has 3 rings (SSSR count). The highest BCUT2D eigenvalue weighted by atomic mass is 16.5. The molecule has 0 aromatic heterocycles. The number of carbonyl (C=O) groups is 1. The molecule has 2 aromatic rings. The number of fused-ring (bicyclic) bond motifs is 1. The van der Waals surface area contributed by atoms with Gasteiger partial charge in [0.2, 0.25) is 0 Å². The van der Waals surface area contributed by atoms with Crippen molar-refractivity contribution in [3.05, 3.63) is 64.3 Å². The maximum absolute atomic E-state index is 13.2. The number of hydrogen-bond acceptors (Lipinski definition) is 6. The summed E-state index contributed by atoms with van der Waals surface area (Å²) in [5.74, 6) is -1.92. The van der Waals surface area contributed by atoms with Crippen molar-refractivity contribution in [1.29, 1.82) is 0 Å². The van der Waals surface area contributed by atoms with Crippen LogP contribution in [0, 0.1) is 0 Å². The summed E-state index contributed by atoms with van der Waals surface area (Å²) in [6.07, 6.45) is 6.13. The topological polar surface area (TPSA) is 107 Å². The summed E-state index contributed by atoms with van der Waals surface area (Å²) in [5.41, 5.74) is 2.92. The maximum Gasteiger partial charge on any atom is 0.181 e. The molecule has 0 bridgehead atoms. The van der Waals surface area contributed by atoms with Gasteiger partial charge < -0.3 is 25.2 Å². The van der Waals surface area contributed by atoms with E-state index in [9.17, 15) is 25.2 Å². The molecule has 164 valence electrons. The number of benzene rings is 2. The van der Waals surface area contributed by atoms with Gasteiger partial charge in [0, 0.05) is 23.3 Å². The van der Waals surface area contributed by atoms with E-state index in [1.165, 1.54) is 23.8 Å². The van der Waals surface area contributed by atoms with E-state index in [-0.39, 0.29) is 52.9 Å². The van der Waals surface area contributed by atoms with Crippen molar-refractivity contribution in [3.8, 4) is 28.7 Å².